The number of carbonyl (C=O) groups excluding carboxylic acids is 1. The Balaban J connectivity index is 1.98. The second-order valence-corrected chi connectivity index (χ2v) is 6.61. The van der Waals surface area contributed by atoms with Gasteiger partial charge in [-0.3, -0.25) is 4.79 Å². The molecule has 0 aliphatic carbocycles. The fourth-order valence-electron chi connectivity index (χ4n) is 2.67. The number of hydrogen-bond donors (Lipinski definition) is 1. The first-order valence-electron chi connectivity index (χ1n) is 7.86. The summed E-state index contributed by atoms with van der Waals surface area (Å²) in [5.74, 6) is 1.09. The van der Waals surface area contributed by atoms with E-state index in [9.17, 15) is 4.79 Å². The number of carbonyl (C=O) groups is 1. The fourth-order valence-corrected chi connectivity index (χ4v) is 3.20. The van der Waals surface area contributed by atoms with Gasteiger partial charge >= 0.3 is 0 Å². The summed E-state index contributed by atoms with van der Waals surface area (Å²) < 4.78 is 7.16. The molecule has 2 aromatic carbocycles. The normalized spacial score (nSPS) is 11.8. The predicted molar refractivity (Wildman–Crippen MR) is 102 cm³/mol. The molecule has 0 saturated heterocycles. The molecule has 0 spiro atoms. The number of methoxy groups -OCH3 is 1. The molecule has 0 radical (unpaired) electrons. The van der Waals surface area contributed by atoms with Crippen molar-refractivity contribution in [1.82, 2.24) is 14.9 Å². The van der Waals surface area contributed by atoms with Crippen LogP contribution in [-0.2, 0) is 7.05 Å². The zero-order chi connectivity index (χ0) is 18.7. The van der Waals surface area contributed by atoms with Crippen LogP contribution in [0.15, 0.2) is 54.9 Å². The maximum Gasteiger partial charge on any atom is 0.252 e. The van der Waals surface area contributed by atoms with Gasteiger partial charge in [0, 0.05) is 35.1 Å². The largest absolute Gasteiger partial charge is 0.497 e. The summed E-state index contributed by atoms with van der Waals surface area (Å²) in [5.41, 5.74) is 1.23. The van der Waals surface area contributed by atoms with Crippen LogP contribution in [0.1, 0.15) is 27.8 Å². The summed E-state index contributed by atoms with van der Waals surface area (Å²) in [7, 11) is 3.47. The highest BCUT2D eigenvalue weighted by Crippen LogP contribution is 2.25. The second-order valence-electron chi connectivity index (χ2n) is 5.74. The van der Waals surface area contributed by atoms with Crippen LogP contribution < -0.4 is 10.1 Å². The Hall–Kier alpha value is -2.50. The van der Waals surface area contributed by atoms with Crippen LogP contribution in [-0.4, -0.2) is 22.6 Å². The van der Waals surface area contributed by atoms with Gasteiger partial charge in [-0.1, -0.05) is 35.3 Å². The van der Waals surface area contributed by atoms with E-state index in [4.69, 9.17) is 27.9 Å². The molecule has 0 aliphatic heterocycles. The van der Waals surface area contributed by atoms with Gasteiger partial charge in [0.05, 0.1) is 7.11 Å². The molecule has 0 bridgehead atoms. The van der Waals surface area contributed by atoms with Crippen molar-refractivity contribution >= 4 is 29.1 Å². The van der Waals surface area contributed by atoms with Gasteiger partial charge in [0.25, 0.3) is 5.91 Å². The minimum atomic E-state index is -0.463. The van der Waals surface area contributed by atoms with Crippen molar-refractivity contribution in [2.45, 2.75) is 6.04 Å². The molecule has 26 heavy (non-hydrogen) atoms. The lowest BCUT2D eigenvalue weighted by Gasteiger charge is -2.20. The van der Waals surface area contributed by atoms with E-state index in [1.165, 1.54) is 0 Å². The number of benzene rings is 2. The molecule has 1 unspecified atom stereocenters. The van der Waals surface area contributed by atoms with E-state index < -0.39 is 6.04 Å². The van der Waals surface area contributed by atoms with Gasteiger partial charge < -0.3 is 14.6 Å². The van der Waals surface area contributed by atoms with Crippen molar-refractivity contribution in [2.75, 3.05) is 7.11 Å². The summed E-state index contributed by atoms with van der Waals surface area (Å²) in [6, 6.07) is 11.8. The van der Waals surface area contributed by atoms with Crippen molar-refractivity contribution in [1.29, 1.82) is 0 Å². The third-order valence-corrected chi connectivity index (χ3v) is 4.38. The van der Waals surface area contributed by atoms with Crippen LogP contribution in [0.4, 0.5) is 0 Å². The molecule has 0 saturated carbocycles. The van der Waals surface area contributed by atoms with Crippen LogP contribution in [0.5, 0.6) is 5.75 Å². The molecule has 5 nitrogen and oxygen atoms in total. The number of nitrogens with zero attached hydrogens (tertiary/aromatic N) is 2. The molecular formula is C19H17Cl2N3O2. The van der Waals surface area contributed by atoms with Crippen molar-refractivity contribution in [3.05, 3.63) is 81.9 Å². The SMILES string of the molecule is COc1cccc(C(NC(=O)c2cc(Cl)cc(Cl)c2)c2nccn2C)c1. The predicted octanol–water partition coefficient (Wildman–Crippen LogP) is 4.25. The quantitative estimate of drug-likeness (QED) is 0.709. The Morgan fingerprint density at radius 2 is 1.92 bits per heavy atom. The summed E-state index contributed by atoms with van der Waals surface area (Å²) in [4.78, 5) is 17.2. The smallest absolute Gasteiger partial charge is 0.252 e. The van der Waals surface area contributed by atoms with Gasteiger partial charge in [0.2, 0.25) is 0 Å². The zero-order valence-corrected chi connectivity index (χ0v) is 15.8. The van der Waals surface area contributed by atoms with Gasteiger partial charge in [-0.25, -0.2) is 4.98 Å². The van der Waals surface area contributed by atoms with Crippen LogP contribution >= 0.6 is 23.2 Å². The Bertz CT molecular complexity index is 920. The Morgan fingerprint density at radius 3 is 2.54 bits per heavy atom. The van der Waals surface area contributed by atoms with Gasteiger partial charge in [-0.05, 0) is 35.9 Å². The molecule has 7 heteroatoms. The van der Waals surface area contributed by atoms with Crippen LogP contribution in [0.2, 0.25) is 10.0 Å². The topological polar surface area (TPSA) is 56.1 Å². The van der Waals surface area contributed by atoms with E-state index in [0.717, 1.165) is 5.56 Å². The zero-order valence-electron chi connectivity index (χ0n) is 14.2. The van der Waals surface area contributed by atoms with Gasteiger partial charge in [-0.15, -0.1) is 0 Å². The molecule has 1 atom stereocenters. The van der Waals surface area contributed by atoms with E-state index in [1.807, 2.05) is 42.1 Å². The molecule has 1 heterocycles. The molecule has 0 aliphatic rings. The highest BCUT2D eigenvalue weighted by molar-refractivity contribution is 6.35. The molecule has 1 aromatic heterocycles. The third kappa shape index (κ3) is 4.00. The van der Waals surface area contributed by atoms with Gasteiger partial charge in [0.1, 0.15) is 17.6 Å². The second kappa shape index (κ2) is 7.81. The Morgan fingerprint density at radius 1 is 1.19 bits per heavy atom. The highest BCUT2D eigenvalue weighted by Gasteiger charge is 2.22. The lowest BCUT2D eigenvalue weighted by atomic mass is 10.0. The van der Waals surface area contributed by atoms with Crippen molar-refractivity contribution in [3.63, 3.8) is 0 Å². The maximum atomic E-state index is 12.8. The van der Waals surface area contributed by atoms with Crippen molar-refractivity contribution in [2.24, 2.45) is 7.05 Å². The first kappa shape index (κ1) is 18.3. The maximum absolute atomic E-state index is 12.8. The number of hydrogen-bond acceptors (Lipinski definition) is 3. The molecule has 134 valence electrons. The summed E-state index contributed by atoms with van der Waals surface area (Å²) in [5, 5.41) is 3.80. The number of halogens is 2. The lowest BCUT2D eigenvalue weighted by Crippen LogP contribution is -2.31. The molecule has 0 fully saturated rings. The Labute approximate surface area is 161 Å². The molecular weight excluding hydrogens is 373 g/mol. The number of aryl methyl sites for hydroxylation is 1. The monoisotopic (exact) mass is 389 g/mol. The molecule has 3 rings (SSSR count). The Kier molecular flexibility index (Phi) is 5.49. The van der Waals surface area contributed by atoms with E-state index in [2.05, 4.69) is 10.3 Å². The van der Waals surface area contributed by atoms with Gasteiger partial charge in [-0.2, -0.15) is 0 Å². The van der Waals surface area contributed by atoms with E-state index in [0.29, 0.717) is 27.2 Å². The average Bonchev–Trinajstić information content (AvgIpc) is 3.04. The van der Waals surface area contributed by atoms with E-state index in [-0.39, 0.29) is 5.91 Å². The summed E-state index contributed by atoms with van der Waals surface area (Å²) >= 11 is 12.0. The number of ether oxygens (including phenoxy) is 1. The molecule has 1 amide bonds. The number of rotatable bonds is 5. The average molecular weight is 390 g/mol. The number of amides is 1. The first-order chi connectivity index (χ1) is 12.5. The number of nitrogens with one attached hydrogen (secondary N) is 1. The third-order valence-electron chi connectivity index (χ3n) is 3.94. The standard InChI is InChI=1S/C19H17Cl2N3O2/c1-24-7-6-22-18(24)17(12-4-3-5-16(10-12)26-2)23-19(25)13-8-14(20)11-15(21)9-13/h3-11,17H,1-2H3,(H,23,25). The van der Waals surface area contributed by atoms with Crippen LogP contribution in [0.25, 0.3) is 0 Å². The van der Waals surface area contributed by atoms with Crippen molar-refractivity contribution < 1.29 is 9.53 Å². The fraction of sp³-hybridized carbons (Fsp3) is 0.158. The van der Waals surface area contributed by atoms with E-state index >= 15 is 0 Å². The summed E-state index contributed by atoms with van der Waals surface area (Å²) in [6.45, 7) is 0. The minimum absolute atomic E-state index is 0.301. The number of imidazole rings is 1. The lowest BCUT2D eigenvalue weighted by molar-refractivity contribution is 0.0941. The highest BCUT2D eigenvalue weighted by atomic mass is 35.5. The van der Waals surface area contributed by atoms with Crippen LogP contribution in [0.3, 0.4) is 0 Å². The summed E-state index contributed by atoms with van der Waals surface area (Å²) in [6.07, 6.45) is 3.51. The number of aromatic nitrogens is 2. The van der Waals surface area contributed by atoms with Gasteiger partial charge in [0.15, 0.2) is 0 Å². The minimum Gasteiger partial charge on any atom is -0.497 e. The first-order valence-corrected chi connectivity index (χ1v) is 8.61. The van der Waals surface area contributed by atoms with Crippen molar-refractivity contribution in [3.8, 4) is 5.75 Å². The molecule has 1 N–H and O–H groups in total. The molecule has 3 aromatic rings. The van der Waals surface area contributed by atoms with Crippen LogP contribution in [0, 0.1) is 0 Å². The van der Waals surface area contributed by atoms with E-state index in [1.54, 1.807) is 31.5 Å².